The van der Waals surface area contributed by atoms with Gasteiger partial charge >= 0.3 is 59.1 Å². The number of nitrogens with one attached hydrogen (secondary N) is 1. The van der Waals surface area contributed by atoms with E-state index in [-0.39, 0.29) is 118 Å². The van der Waals surface area contributed by atoms with Gasteiger partial charge in [-0.3, -0.25) is 24.6 Å². The van der Waals surface area contributed by atoms with Crippen LogP contribution in [0.4, 0.5) is 17.2 Å². The molecule has 282 valence electrons. The third-order valence-corrected chi connectivity index (χ3v) is 11.1. The van der Waals surface area contributed by atoms with Crippen molar-refractivity contribution < 1.29 is 97.1 Å². The predicted molar refractivity (Wildman–Crippen MR) is 192 cm³/mol. The van der Waals surface area contributed by atoms with E-state index >= 15 is 0 Å². The molecule has 1 aliphatic carbocycles. The number of phosphoric acid groups is 1. The monoisotopic (exact) mass is 801 g/mol. The molecule has 1 atom stereocenters. The number of hydrogen-bond acceptors (Lipinski definition) is 14. The molecule has 3 aliphatic heterocycles. The number of nitrogen functional groups attached to an aromatic ring is 1. The minimum Gasteiger partial charge on any atom is -0.780 e. The van der Waals surface area contributed by atoms with Crippen molar-refractivity contribution in [3.05, 3.63) is 66.5 Å². The molecule has 4 aromatic rings. The van der Waals surface area contributed by atoms with Crippen molar-refractivity contribution in [2.75, 3.05) is 48.3 Å². The van der Waals surface area contributed by atoms with Crippen molar-refractivity contribution in [3.8, 4) is 28.4 Å². The fraction of sp³-hybridized carbons (Fsp3) is 0.389. The summed E-state index contributed by atoms with van der Waals surface area (Å²) in [6, 6.07) is 13.6. The molecule has 2 aromatic carbocycles. The van der Waals surface area contributed by atoms with E-state index in [2.05, 4.69) is 41.0 Å². The first-order chi connectivity index (χ1) is 26.0. The van der Waals surface area contributed by atoms with Gasteiger partial charge in [0.05, 0.1) is 42.6 Å². The van der Waals surface area contributed by atoms with Crippen LogP contribution in [0.2, 0.25) is 0 Å². The van der Waals surface area contributed by atoms with Gasteiger partial charge in [0.1, 0.15) is 37.7 Å². The summed E-state index contributed by atoms with van der Waals surface area (Å²) in [6.45, 7) is 2.50. The van der Waals surface area contributed by atoms with Crippen molar-refractivity contribution in [2.24, 2.45) is 0 Å². The molecule has 5 heterocycles. The van der Waals surface area contributed by atoms with Crippen LogP contribution in [0.3, 0.4) is 0 Å². The minimum absolute atomic E-state index is 0. The van der Waals surface area contributed by atoms with E-state index < -0.39 is 13.9 Å². The Morgan fingerprint density at radius 2 is 1.71 bits per heavy atom. The number of carbonyl (C=O) groups excluding carboxylic acids is 3. The number of piperazine rings is 1. The van der Waals surface area contributed by atoms with Gasteiger partial charge in [-0.1, -0.05) is 24.3 Å². The van der Waals surface area contributed by atoms with E-state index in [0.29, 0.717) is 50.5 Å². The number of para-hydroxylation sites is 2. The Kier molecular flexibility index (Phi) is 13.3. The molecule has 17 nitrogen and oxygen atoms in total. The smallest absolute Gasteiger partial charge is 0.780 e. The van der Waals surface area contributed by atoms with E-state index in [1.807, 2.05) is 12.1 Å². The van der Waals surface area contributed by atoms with Crippen LogP contribution in [0.5, 0.6) is 11.5 Å². The third-order valence-electron chi connectivity index (χ3n) is 10.7. The molecule has 0 spiro atoms. The second kappa shape index (κ2) is 17.6. The van der Waals surface area contributed by atoms with Gasteiger partial charge < -0.3 is 39.1 Å². The van der Waals surface area contributed by atoms with E-state index in [1.165, 1.54) is 22.9 Å². The second-order valence-corrected chi connectivity index (χ2v) is 15.0. The molecule has 0 radical (unpaired) electrons. The summed E-state index contributed by atoms with van der Waals surface area (Å²) in [5.41, 5.74) is 9.54. The van der Waals surface area contributed by atoms with Crippen LogP contribution in [0.15, 0.2) is 60.9 Å². The molecule has 2 saturated heterocycles. The number of amides is 3. The Balaban J connectivity index is 0.00000266. The standard InChI is InChI=1S/C36H40N9O8P.2Na/c37-35-30(18-27(40-41-35)26-4-1-2-7-31(26)53-54(49,50)51)45-20-24(19-38-45)43-15-14-42(21-33(43)47)23-10-8-22(9-11-23)25-5-3-6-28-34(25)52-17-16-44(28)29-12-13-32(46)39-36(29)48;;/h1-7,18-20,22-23,29H,8-17,21H2,(H2,37,41)(H,39,46,48)(H2,49,50,51);;/q;2*+1/p-2/t22?,23?,29-;;/m0../s1. The summed E-state index contributed by atoms with van der Waals surface area (Å²) in [5, 5.41) is 15.0. The molecule has 3 N–H and O–H groups in total. The maximum absolute atomic E-state index is 13.5. The third kappa shape index (κ3) is 8.87. The first-order valence-electron chi connectivity index (χ1n) is 17.9. The van der Waals surface area contributed by atoms with E-state index in [0.717, 1.165) is 42.7 Å². The molecule has 1 saturated carbocycles. The van der Waals surface area contributed by atoms with Gasteiger partial charge in [0.15, 0.2) is 5.82 Å². The van der Waals surface area contributed by atoms with E-state index in [9.17, 15) is 28.7 Å². The Labute approximate surface area is 367 Å². The van der Waals surface area contributed by atoms with Crippen LogP contribution < -0.4 is 99.0 Å². The number of imide groups is 1. The summed E-state index contributed by atoms with van der Waals surface area (Å²) in [7, 11) is -5.33. The number of nitrogens with zero attached hydrogens (tertiary/aromatic N) is 7. The summed E-state index contributed by atoms with van der Waals surface area (Å²) in [6.07, 6.45) is 7.80. The molecule has 3 fully saturated rings. The van der Waals surface area contributed by atoms with Gasteiger partial charge in [-0.15, -0.1) is 10.2 Å². The maximum atomic E-state index is 13.5. The van der Waals surface area contributed by atoms with E-state index in [1.54, 1.807) is 29.4 Å². The number of carbonyl (C=O) groups is 3. The number of anilines is 3. The number of hydrogen-bond donors (Lipinski definition) is 2. The zero-order chi connectivity index (χ0) is 37.6. The topological polar surface area (TPSA) is 224 Å². The molecule has 56 heavy (non-hydrogen) atoms. The van der Waals surface area contributed by atoms with Gasteiger partial charge in [-0.2, -0.15) is 5.10 Å². The number of ether oxygens (including phenoxy) is 1. The Hall–Kier alpha value is -3.35. The number of fused-ring (bicyclic) bond motifs is 1. The summed E-state index contributed by atoms with van der Waals surface area (Å²) < 4.78 is 23.6. The number of phosphoric ester groups is 1. The molecule has 3 amide bonds. The van der Waals surface area contributed by atoms with E-state index in [4.69, 9.17) is 10.5 Å². The van der Waals surface area contributed by atoms with Crippen LogP contribution >= 0.6 is 7.82 Å². The zero-order valence-electron chi connectivity index (χ0n) is 31.2. The average Bonchev–Trinajstić information content (AvgIpc) is 3.64. The van der Waals surface area contributed by atoms with Crippen LogP contribution in [-0.4, -0.2) is 87.5 Å². The molecular formula is C36H38N9Na2O8P. The number of nitrogens with two attached hydrogens (primary N) is 1. The molecule has 4 aliphatic rings. The normalized spacial score (nSPS) is 21.6. The minimum atomic E-state index is -5.33. The first kappa shape index (κ1) is 42.3. The number of benzene rings is 2. The van der Waals surface area contributed by atoms with Crippen LogP contribution in [-0.2, 0) is 18.9 Å². The SMILES string of the molecule is Nc1nnc(-c2ccccc2OP(=O)([O-])[O-])cc1-n1cc(N2CCN(C3CCC(c4cccc5c4OCCN5[C@H]4CCC(=O)NC4=O)CC3)CC2=O)cn1.[Na+].[Na+]. The van der Waals surface area contributed by atoms with Gasteiger partial charge in [0.2, 0.25) is 17.7 Å². The van der Waals surface area contributed by atoms with Crippen molar-refractivity contribution in [1.82, 2.24) is 30.2 Å². The largest absolute Gasteiger partial charge is 1.00 e. The average molecular weight is 802 g/mol. The zero-order valence-corrected chi connectivity index (χ0v) is 36.1. The van der Waals surface area contributed by atoms with Crippen LogP contribution in [0, 0.1) is 0 Å². The first-order valence-corrected chi connectivity index (χ1v) is 19.4. The molecule has 8 rings (SSSR count). The van der Waals surface area contributed by atoms with Gasteiger partial charge in [-0.05, 0) is 67.9 Å². The van der Waals surface area contributed by atoms with Gasteiger partial charge in [-0.25, -0.2) is 4.68 Å². The molecule has 20 heteroatoms. The number of piperidine rings is 1. The maximum Gasteiger partial charge on any atom is 1.00 e. The van der Waals surface area contributed by atoms with Gasteiger partial charge in [0.25, 0.3) is 0 Å². The Morgan fingerprint density at radius 1 is 0.929 bits per heavy atom. The van der Waals surface area contributed by atoms with Crippen LogP contribution in [0.1, 0.15) is 50.0 Å². The predicted octanol–water partition coefficient (Wildman–Crippen LogP) is -4.49. The second-order valence-electron chi connectivity index (χ2n) is 13.9. The van der Waals surface area contributed by atoms with Crippen LogP contribution in [0.25, 0.3) is 16.9 Å². The molecule has 2 aromatic heterocycles. The molecule has 0 unspecified atom stereocenters. The fourth-order valence-electron chi connectivity index (χ4n) is 8.11. The van der Waals surface area contributed by atoms with Crippen molar-refractivity contribution in [3.63, 3.8) is 0 Å². The Bertz CT molecular complexity index is 2160. The summed E-state index contributed by atoms with van der Waals surface area (Å²) >= 11 is 0. The summed E-state index contributed by atoms with van der Waals surface area (Å²) in [4.78, 5) is 66.7. The Morgan fingerprint density at radius 3 is 2.46 bits per heavy atom. The fourth-order valence-corrected chi connectivity index (χ4v) is 8.51. The van der Waals surface area contributed by atoms with Crippen molar-refractivity contribution >= 4 is 42.7 Å². The number of aromatic nitrogens is 4. The van der Waals surface area contributed by atoms with Crippen molar-refractivity contribution in [1.29, 1.82) is 0 Å². The van der Waals surface area contributed by atoms with Crippen molar-refractivity contribution in [2.45, 2.75) is 56.5 Å². The molecular weight excluding hydrogens is 763 g/mol. The molecule has 0 bridgehead atoms. The number of rotatable bonds is 8. The van der Waals surface area contributed by atoms with Gasteiger partial charge in [0, 0.05) is 31.1 Å². The quantitative estimate of drug-likeness (QED) is 0.0975. The summed E-state index contributed by atoms with van der Waals surface area (Å²) in [5.74, 6) is 0.438.